The van der Waals surface area contributed by atoms with Crippen LogP contribution in [0.15, 0.2) is 0 Å². The van der Waals surface area contributed by atoms with E-state index in [9.17, 15) is 0 Å². The number of rotatable bonds is 9. The molecule has 1 nitrogen and oxygen atoms in total. The van der Waals surface area contributed by atoms with Crippen molar-refractivity contribution in [1.82, 2.24) is 5.32 Å². The molecule has 0 aliphatic carbocycles. The van der Waals surface area contributed by atoms with Gasteiger partial charge in [0.1, 0.15) is 0 Å². The predicted octanol–water partition coefficient (Wildman–Crippen LogP) is 5.18. The highest BCUT2D eigenvalue weighted by molar-refractivity contribution is 5.85. The van der Waals surface area contributed by atoms with Gasteiger partial charge in [-0.15, -0.1) is 12.4 Å². The summed E-state index contributed by atoms with van der Waals surface area (Å²) in [6.07, 6.45) is 14.4. The number of nitrogens with one attached hydrogen (secondary N) is 1. The van der Waals surface area contributed by atoms with Crippen molar-refractivity contribution in [2.24, 2.45) is 0 Å². The Morgan fingerprint density at radius 2 is 0.750 bits per heavy atom. The van der Waals surface area contributed by atoms with Crippen LogP contribution in [0.3, 0.4) is 0 Å². The monoisotopic (exact) mass is 251 g/mol. The van der Waals surface area contributed by atoms with Gasteiger partial charge in [0.2, 0.25) is 0 Å². The molecule has 0 amide bonds. The highest BCUT2D eigenvalue weighted by Crippen LogP contribution is 2.09. The lowest BCUT2D eigenvalue weighted by molar-refractivity contribution is 0.562. The predicted molar refractivity (Wildman–Crippen MR) is 79.7 cm³/mol. The Morgan fingerprint density at radius 3 is 0.938 bits per heavy atom. The summed E-state index contributed by atoms with van der Waals surface area (Å²) in [6, 6.07) is 0. The first kappa shape index (κ1) is 21.5. The summed E-state index contributed by atoms with van der Waals surface area (Å²) in [6.45, 7) is 4.56. The average Bonchev–Trinajstić information content (AvgIpc) is 2.23. The van der Waals surface area contributed by atoms with Crippen molar-refractivity contribution in [2.75, 3.05) is 14.1 Å². The quantitative estimate of drug-likeness (QED) is 0.557. The summed E-state index contributed by atoms with van der Waals surface area (Å²) < 4.78 is 0. The van der Waals surface area contributed by atoms with E-state index >= 15 is 0 Å². The van der Waals surface area contributed by atoms with Gasteiger partial charge in [-0.2, -0.15) is 0 Å². The van der Waals surface area contributed by atoms with Crippen LogP contribution in [-0.4, -0.2) is 14.1 Å². The van der Waals surface area contributed by atoms with Crippen LogP contribution in [-0.2, 0) is 0 Å². The van der Waals surface area contributed by atoms with Crippen molar-refractivity contribution in [3.05, 3.63) is 0 Å². The van der Waals surface area contributed by atoms with Crippen LogP contribution in [0.25, 0.3) is 0 Å². The van der Waals surface area contributed by atoms with E-state index in [2.05, 4.69) is 19.2 Å². The van der Waals surface area contributed by atoms with Crippen LogP contribution in [0, 0.1) is 0 Å². The van der Waals surface area contributed by atoms with E-state index in [0.717, 1.165) is 0 Å². The highest BCUT2D eigenvalue weighted by Gasteiger charge is 1.90. The molecule has 1 N–H and O–H groups in total. The number of halogens is 1. The molecule has 0 radical (unpaired) electrons. The SMILES string of the molecule is CCCCCCCCCCCC.CNC.Cl. The summed E-state index contributed by atoms with van der Waals surface area (Å²) in [7, 11) is 3.75. The van der Waals surface area contributed by atoms with Gasteiger partial charge >= 0.3 is 0 Å². The maximum absolute atomic E-state index is 2.75. The van der Waals surface area contributed by atoms with Gasteiger partial charge in [0.25, 0.3) is 0 Å². The summed E-state index contributed by atoms with van der Waals surface area (Å²) >= 11 is 0. The number of unbranched alkanes of at least 4 members (excludes halogenated alkanes) is 9. The minimum absolute atomic E-state index is 0. The van der Waals surface area contributed by atoms with E-state index in [1.807, 2.05) is 14.1 Å². The van der Waals surface area contributed by atoms with E-state index in [1.165, 1.54) is 64.2 Å². The molecule has 0 aromatic heterocycles. The first-order chi connectivity index (χ1) is 7.33. The van der Waals surface area contributed by atoms with E-state index < -0.39 is 0 Å². The molecule has 0 saturated heterocycles. The Morgan fingerprint density at radius 1 is 0.562 bits per heavy atom. The Kier molecular flexibility index (Phi) is 32.9. The molecule has 0 aromatic rings. The summed E-state index contributed by atoms with van der Waals surface area (Å²) in [4.78, 5) is 0. The van der Waals surface area contributed by atoms with Crippen LogP contribution in [0.5, 0.6) is 0 Å². The van der Waals surface area contributed by atoms with Crippen molar-refractivity contribution >= 4 is 12.4 Å². The minimum atomic E-state index is 0. The molecule has 0 aliphatic heterocycles. The van der Waals surface area contributed by atoms with E-state index in [1.54, 1.807) is 0 Å². The molecule has 0 unspecified atom stereocenters. The average molecular weight is 252 g/mol. The molecular weight excluding hydrogens is 218 g/mol. The first-order valence-electron chi connectivity index (χ1n) is 6.91. The normalized spacial score (nSPS) is 9.00. The molecule has 0 atom stereocenters. The molecule has 0 spiro atoms. The van der Waals surface area contributed by atoms with Gasteiger partial charge < -0.3 is 5.32 Å². The van der Waals surface area contributed by atoms with Gasteiger partial charge in [-0.25, -0.2) is 0 Å². The Balaban J connectivity index is -0.000000377. The first-order valence-corrected chi connectivity index (χ1v) is 6.91. The van der Waals surface area contributed by atoms with Crippen molar-refractivity contribution in [1.29, 1.82) is 0 Å². The van der Waals surface area contributed by atoms with E-state index in [0.29, 0.717) is 0 Å². The molecule has 0 bridgehead atoms. The third kappa shape index (κ3) is 29.2. The maximum atomic E-state index is 2.75. The summed E-state index contributed by atoms with van der Waals surface area (Å²) in [5, 5.41) is 2.75. The van der Waals surface area contributed by atoms with Crippen LogP contribution >= 0.6 is 12.4 Å². The molecule has 0 aliphatic rings. The Hall–Kier alpha value is 0.250. The van der Waals surface area contributed by atoms with E-state index in [4.69, 9.17) is 0 Å². The molecule has 16 heavy (non-hydrogen) atoms. The summed E-state index contributed by atoms with van der Waals surface area (Å²) in [5.41, 5.74) is 0. The Bertz CT molecular complexity index is 76.8. The largest absolute Gasteiger partial charge is 0.323 e. The minimum Gasteiger partial charge on any atom is -0.323 e. The number of hydrogen-bond donors (Lipinski definition) is 1. The second-order valence-electron chi connectivity index (χ2n) is 4.33. The van der Waals surface area contributed by atoms with Crippen molar-refractivity contribution in [2.45, 2.75) is 78.1 Å². The molecular formula is C14H34ClN. The lowest BCUT2D eigenvalue weighted by Gasteiger charge is -1.99. The smallest absolute Gasteiger partial charge is 0.0167 e. The molecule has 0 rings (SSSR count). The second-order valence-corrected chi connectivity index (χ2v) is 4.33. The fourth-order valence-corrected chi connectivity index (χ4v) is 1.56. The fraction of sp³-hybridized carbons (Fsp3) is 1.00. The summed E-state index contributed by atoms with van der Waals surface area (Å²) in [5.74, 6) is 0. The molecule has 0 saturated carbocycles. The number of hydrogen-bond acceptors (Lipinski definition) is 1. The van der Waals surface area contributed by atoms with Gasteiger partial charge in [-0.1, -0.05) is 78.1 Å². The van der Waals surface area contributed by atoms with Crippen LogP contribution in [0.4, 0.5) is 0 Å². The van der Waals surface area contributed by atoms with Crippen molar-refractivity contribution in [3.63, 3.8) is 0 Å². The standard InChI is InChI=1S/C12H26.C2H7N.ClH/c1-3-5-7-9-11-12-10-8-6-4-2;1-3-2;/h3-12H2,1-2H3;3H,1-2H3;1H. The molecule has 0 aromatic carbocycles. The van der Waals surface area contributed by atoms with Crippen LogP contribution < -0.4 is 5.32 Å². The van der Waals surface area contributed by atoms with Crippen LogP contribution in [0.2, 0.25) is 0 Å². The fourth-order valence-electron chi connectivity index (χ4n) is 1.56. The van der Waals surface area contributed by atoms with Crippen LogP contribution in [0.1, 0.15) is 78.1 Å². The third-order valence-electron chi connectivity index (χ3n) is 2.46. The lowest BCUT2D eigenvalue weighted by atomic mass is 10.1. The highest BCUT2D eigenvalue weighted by atomic mass is 35.5. The van der Waals surface area contributed by atoms with Crippen molar-refractivity contribution < 1.29 is 0 Å². The van der Waals surface area contributed by atoms with Gasteiger partial charge in [0.15, 0.2) is 0 Å². The van der Waals surface area contributed by atoms with Crippen molar-refractivity contribution in [3.8, 4) is 0 Å². The lowest BCUT2D eigenvalue weighted by Crippen LogP contribution is -1.89. The topological polar surface area (TPSA) is 12.0 Å². The zero-order chi connectivity index (χ0) is 11.8. The molecule has 102 valence electrons. The van der Waals surface area contributed by atoms with Gasteiger partial charge in [0.05, 0.1) is 0 Å². The Labute approximate surface area is 110 Å². The maximum Gasteiger partial charge on any atom is -0.0167 e. The molecule has 0 heterocycles. The molecule has 2 heteroatoms. The van der Waals surface area contributed by atoms with Gasteiger partial charge in [0, 0.05) is 0 Å². The van der Waals surface area contributed by atoms with E-state index in [-0.39, 0.29) is 12.4 Å². The molecule has 0 fully saturated rings. The third-order valence-corrected chi connectivity index (χ3v) is 2.46. The van der Waals surface area contributed by atoms with Gasteiger partial charge in [-0.3, -0.25) is 0 Å². The zero-order valence-corrected chi connectivity index (χ0v) is 12.8. The second kappa shape index (κ2) is 24.5. The van der Waals surface area contributed by atoms with Gasteiger partial charge in [-0.05, 0) is 14.1 Å². The zero-order valence-electron chi connectivity index (χ0n) is 12.0.